The zero-order valence-corrected chi connectivity index (χ0v) is 22.0. The maximum atomic E-state index is 13.5. The molecule has 0 aromatic heterocycles. The summed E-state index contributed by atoms with van der Waals surface area (Å²) in [5.41, 5.74) is 13.6. The highest BCUT2D eigenvalue weighted by molar-refractivity contribution is 5.78. The van der Waals surface area contributed by atoms with Crippen molar-refractivity contribution in [2.75, 3.05) is 11.5 Å². The van der Waals surface area contributed by atoms with Gasteiger partial charge in [0.2, 0.25) is 0 Å². The Labute approximate surface area is 227 Å². The first kappa shape index (κ1) is 28.7. The lowest BCUT2D eigenvalue weighted by Gasteiger charge is -2.20. The summed E-state index contributed by atoms with van der Waals surface area (Å²) in [4.78, 5) is 0. The lowest BCUT2D eigenvalue weighted by Crippen LogP contribution is -2.08. The third kappa shape index (κ3) is 5.95. The van der Waals surface area contributed by atoms with Gasteiger partial charge in [-0.25, -0.2) is 0 Å². The van der Waals surface area contributed by atoms with Crippen LogP contribution in [0.1, 0.15) is 33.4 Å². The summed E-state index contributed by atoms with van der Waals surface area (Å²) in [5.74, 6) is -0.314. The van der Waals surface area contributed by atoms with Crippen LogP contribution < -0.4 is 20.9 Å². The summed E-state index contributed by atoms with van der Waals surface area (Å²) in [6.45, 7) is 7.21. The molecule has 0 aliphatic heterocycles. The van der Waals surface area contributed by atoms with Gasteiger partial charge in [-0.05, 0) is 122 Å². The van der Waals surface area contributed by atoms with Gasteiger partial charge in [-0.15, -0.1) is 0 Å². The monoisotopic (exact) mass is 560 g/mol. The molecule has 40 heavy (non-hydrogen) atoms. The van der Waals surface area contributed by atoms with E-state index in [0.717, 1.165) is 45.5 Å². The number of benzene rings is 4. The minimum Gasteiger partial charge on any atom is -0.457 e. The molecule has 210 valence electrons. The van der Waals surface area contributed by atoms with Crippen molar-refractivity contribution in [3.05, 3.63) is 94.0 Å². The Morgan fingerprint density at radius 1 is 0.500 bits per heavy atom. The van der Waals surface area contributed by atoms with Crippen LogP contribution in [-0.2, 0) is 12.4 Å². The molecule has 10 heteroatoms. The zero-order chi connectivity index (χ0) is 29.6. The molecular formula is C30H26F6N2O2. The number of rotatable bonds is 5. The summed E-state index contributed by atoms with van der Waals surface area (Å²) in [6, 6.07) is 13.2. The maximum Gasteiger partial charge on any atom is 0.420 e. The summed E-state index contributed by atoms with van der Waals surface area (Å²) < 4.78 is 92.4. The van der Waals surface area contributed by atoms with Crippen LogP contribution in [0.3, 0.4) is 0 Å². The van der Waals surface area contributed by atoms with E-state index in [1.54, 1.807) is 52.0 Å². The molecule has 4 N–H and O–H groups in total. The number of halogens is 6. The number of anilines is 2. The smallest absolute Gasteiger partial charge is 0.420 e. The van der Waals surface area contributed by atoms with E-state index in [1.807, 2.05) is 0 Å². The Morgan fingerprint density at radius 3 is 1.07 bits per heavy atom. The third-order valence-corrected chi connectivity index (χ3v) is 6.34. The van der Waals surface area contributed by atoms with Gasteiger partial charge in [-0.2, -0.15) is 26.3 Å². The van der Waals surface area contributed by atoms with E-state index in [1.165, 1.54) is 24.3 Å². The highest BCUT2D eigenvalue weighted by Crippen LogP contribution is 2.43. The van der Waals surface area contributed by atoms with Crippen molar-refractivity contribution in [2.45, 2.75) is 40.0 Å². The molecule has 0 aliphatic carbocycles. The third-order valence-electron chi connectivity index (χ3n) is 6.34. The minimum absolute atomic E-state index is 0.0354. The number of alkyl halides is 6. The largest absolute Gasteiger partial charge is 0.457 e. The standard InChI is InChI=1S/C30H26F6N2O2/c1-15-9-21(39-25-7-5-19(37)13-23(25)29(31,32)33)10-16(2)27(15)28-17(3)11-22(12-18(28)4)40-26-8-6-20(38)14-24(26)30(34,35)36/h5-14H,37-38H2,1-4H3. The van der Waals surface area contributed by atoms with E-state index in [2.05, 4.69) is 0 Å². The van der Waals surface area contributed by atoms with Crippen molar-refractivity contribution < 1.29 is 35.8 Å². The van der Waals surface area contributed by atoms with E-state index < -0.39 is 23.5 Å². The molecule has 0 aliphatic rings. The first-order valence-corrected chi connectivity index (χ1v) is 12.1. The predicted molar refractivity (Wildman–Crippen MR) is 143 cm³/mol. The molecule has 0 saturated carbocycles. The molecule has 4 nitrogen and oxygen atoms in total. The molecule has 0 fully saturated rings. The van der Waals surface area contributed by atoms with Gasteiger partial charge in [0.05, 0.1) is 0 Å². The highest BCUT2D eigenvalue weighted by atomic mass is 19.4. The second-order valence-corrected chi connectivity index (χ2v) is 9.57. The molecule has 0 amide bonds. The number of nitrogens with two attached hydrogens (primary N) is 2. The van der Waals surface area contributed by atoms with Crippen molar-refractivity contribution in [1.29, 1.82) is 0 Å². The molecule has 4 aromatic carbocycles. The van der Waals surface area contributed by atoms with Gasteiger partial charge in [0.25, 0.3) is 0 Å². The first-order chi connectivity index (χ1) is 18.5. The molecule has 0 bridgehead atoms. The molecule has 4 rings (SSSR count). The van der Waals surface area contributed by atoms with Crippen molar-refractivity contribution in [3.63, 3.8) is 0 Å². The maximum absolute atomic E-state index is 13.5. The molecule has 0 heterocycles. The van der Waals surface area contributed by atoms with Crippen LogP contribution in [-0.4, -0.2) is 0 Å². The van der Waals surface area contributed by atoms with Crippen LogP contribution >= 0.6 is 0 Å². The normalized spacial score (nSPS) is 11.9. The van der Waals surface area contributed by atoms with Gasteiger partial charge in [-0.3, -0.25) is 0 Å². The van der Waals surface area contributed by atoms with Gasteiger partial charge >= 0.3 is 12.4 Å². The Hall–Kier alpha value is -4.34. The van der Waals surface area contributed by atoms with Crippen LogP contribution in [0.2, 0.25) is 0 Å². The number of aryl methyl sites for hydroxylation is 4. The predicted octanol–water partition coefficient (Wildman–Crippen LogP) is 9.37. The van der Waals surface area contributed by atoms with E-state index >= 15 is 0 Å². The van der Waals surface area contributed by atoms with Crippen LogP contribution in [0.4, 0.5) is 37.7 Å². The quantitative estimate of drug-likeness (QED) is 0.188. The molecule has 0 atom stereocenters. The number of hydrogen-bond acceptors (Lipinski definition) is 4. The van der Waals surface area contributed by atoms with Gasteiger partial charge < -0.3 is 20.9 Å². The summed E-state index contributed by atoms with van der Waals surface area (Å²) in [6.07, 6.45) is -9.31. The molecule has 0 spiro atoms. The van der Waals surface area contributed by atoms with Crippen LogP contribution in [0.15, 0.2) is 60.7 Å². The molecule has 0 radical (unpaired) electrons. The average Bonchev–Trinajstić information content (AvgIpc) is 2.81. The van der Waals surface area contributed by atoms with E-state index in [9.17, 15) is 26.3 Å². The number of ether oxygens (including phenoxy) is 2. The molecule has 0 saturated heterocycles. The van der Waals surface area contributed by atoms with Gasteiger partial charge in [0.15, 0.2) is 0 Å². The fourth-order valence-electron chi connectivity index (χ4n) is 4.72. The second kappa shape index (κ2) is 10.3. The van der Waals surface area contributed by atoms with Crippen LogP contribution in [0.25, 0.3) is 11.1 Å². The fraction of sp³-hybridized carbons (Fsp3) is 0.200. The summed E-state index contributed by atoms with van der Waals surface area (Å²) >= 11 is 0. The Balaban J connectivity index is 1.69. The molecule has 0 unspecified atom stereocenters. The highest BCUT2D eigenvalue weighted by Gasteiger charge is 2.36. The lowest BCUT2D eigenvalue weighted by atomic mass is 9.89. The SMILES string of the molecule is Cc1cc(Oc2ccc(N)cc2C(F)(F)F)cc(C)c1-c1c(C)cc(Oc2ccc(N)cc2C(F)(F)F)cc1C. The fourth-order valence-corrected chi connectivity index (χ4v) is 4.72. The lowest BCUT2D eigenvalue weighted by molar-refractivity contribution is -0.139. The number of nitrogen functional groups attached to an aromatic ring is 2. The van der Waals surface area contributed by atoms with Gasteiger partial charge in [0, 0.05) is 11.4 Å². The summed E-state index contributed by atoms with van der Waals surface area (Å²) in [5, 5.41) is 0. The van der Waals surface area contributed by atoms with Crippen molar-refractivity contribution in [1.82, 2.24) is 0 Å². The first-order valence-electron chi connectivity index (χ1n) is 12.1. The van der Waals surface area contributed by atoms with Gasteiger partial charge in [0.1, 0.15) is 34.1 Å². The van der Waals surface area contributed by atoms with Crippen molar-refractivity contribution in [3.8, 4) is 34.1 Å². The van der Waals surface area contributed by atoms with Crippen molar-refractivity contribution in [2.24, 2.45) is 0 Å². The average molecular weight is 561 g/mol. The number of hydrogen-bond donors (Lipinski definition) is 2. The van der Waals surface area contributed by atoms with Crippen LogP contribution in [0, 0.1) is 27.7 Å². The second-order valence-electron chi connectivity index (χ2n) is 9.57. The Morgan fingerprint density at radius 2 is 0.800 bits per heavy atom. The van der Waals surface area contributed by atoms with Crippen LogP contribution in [0.5, 0.6) is 23.0 Å². The van der Waals surface area contributed by atoms with E-state index in [4.69, 9.17) is 20.9 Å². The van der Waals surface area contributed by atoms with E-state index in [0.29, 0.717) is 0 Å². The summed E-state index contributed by atoms with van der Waals surface area (Å²) in [7, 11) is 0. The minimum atomic E-state index is -4.65. The topological polar surface area (TPSA) is 70.5 Å². The molecule has 4 aromatic rings. The Kier molecular flexibility index (Phi) is 7.40. The zero-order valence-electron chi connectivity index (χ0n) is 22.0. The van der Waals surface area contributed by atoms with E-state index in [-0.39, 0.29) is 34.4 Å². The molecular weight excluding hydrogens is 534 g/mol. The Bertz CT molecular complexity index is 1430. The van der Waals surface area contributed by atoms with Gasteiger partial charge in [-0.1, -0.05) is 0 Å². The van der Waals surface area contributed by atoms with Crippen molar-refractivity contribution >= 4 is 11.4 Å².